The molecule has 0 spiro atoms. The lowest BCUT2D eigenvalue weighted by atomic mass is 9.98. The first kappa shape index (κ1) is 18.2. The number of rotatable bonds is 5. The molecule has 0 aliphatic rings. The highest BCUT2D eigenvalue weighted by molar-refractivity contribution is 7.86. The van der Waals surface area contributed by atoms with E-state index in [-0.39, 0.29) is 0 Å². The molecule has 0 saturated carbocycles. The van der Waals surface area contributed by atoms with Crippen molar-refractivity contribution in [2.75, 3.05) is 11.8 Å². The van der Waals surface area contributed by atoms with Crippen LogP contribution in [0.15, 0.2) is 64.3 Å². The maximum Gasteiger partial charge on any atom is 0.181 e. The molecule has 6 nitrogen and oxygen atoms in total. The molecule has 1 unspecified atom stereocenters. The second-order valence-corrected chi connectivity index (χ2v) is 7.65. The Bertz CT molecular complexity index is 1170. The number of anilines is 1. The van der Waals surface area contributed by atoms with E-state index >= 15 is 0 Å². The average molecular weight is 393 g/mol. The number of nitrogens with one attached hydrogen (secondary N) is 1. The Morgan fingerprint density at radius 1 is 1.07 bits per heavy atom. The lowest BCUT2D eigenvalue weighted by Gasteiger charge is -2.13. The molecule has 28 heavy (non-hydrogen) atoms. The van der Waals surface area contributed by atoms with Crippen LogP contribution in [-0.2, 0) is 11.0 Å². The van der Waals surface area contributed by atoms with Crippen LogP contribution in [-0.4, -0.2) is 21.5 Å². The van der Waals surface area contributed by atoms with Gasteiger partial charge in [0.05, 0.1) is 17.7 Å². The highest BCUT2D eigenvalue weighted by atomic mass is 32.2. The highest BCUT2D eigenvalue weighted by Crippen LogP contribution is 2.34. The topological polar surface area (TPSA) is 77.2 Å². The van der Waals surface area contributed by atoms with Gasteiger partial charge in [0.15, 0.2) is 16.8 Å². The second-order valence-electron chi connectivity index (χ2n) is 6.43. The summed E-state index contributed by atoms with van der Waals surface area (Å²) in [7, 11) is 0.223. The standard InChI is InChI=1S/C21H19N3O3S/c1-13-10-14(2)19(26-3)12-18(13)21-17-5-4-16(11-15(17)6-8-22-21)28(25)24-20-7-9-27-23-20/h4-12H,1-3H3,(H,23,24). The number of benzene rings is 2. The molecule has 4 rings (SSSR count). The highest BCUT2D eigenvalue weighted by Gasteiger charge is 2.13. The summed E-state index contributed by atoms with van der Waals surface area (Å²) in [6, 6.07) is 13.3. The lowest BCUT2D eigenvalue weighted by Crippen LogP contribution is -2.04. The van der Waals surface area contributed by atoms with Crippen LogP contribution < -0.4 is 9.46 Å². The van der Waals surface area contributed by atoms with Crippen molar-refractivity contribution < 1.29 is 13.5 Å². The summed E-state index contributed by atoms with van der Waals surface area (Å²) < 4.78 is 25.6. The van der Waals surface area contributed by atoms with E-state index in [9.17, 15) is 4.21 Å². The summed E-state index contributed by atoms with van der Waals surface area (Å²) in [5.41, 5.74) is 4.09. The van der Waals surface area contributed by atoms with Gasteiger partial charge in [0.2, 0.25) is 0 Å². The number of aromatic nitrogens is 2. The SMILES string of the molecule is COc1cc(-c2nccc3cc(S(=O)Nc4ccon4)ccc23)c(C)cc1C. The largest absolute Gasteiger partial charge is 0.496 e. The fourth-order valence-electron chi connectivity index (χ4n) is 3.21. The minimum atomic E-state index is -1.45. The first-order valence-electron chi connectivity index (χ1n) is 8.70. The molecule has 1 atom stereocenters. The number of methoxy groups -OCH3 is 1. The van der Waals surface area contributed by atoms with Gasteiger partial charge >= 0.3 is 0 Å². The molecule has 4 aromatic rings. The molecule has 0 aliphatic carbocycles. The lowest BCUT2D eigenvalue weighted by molar-refractivity contribution is 0.412. The third kappa shape index (κ3) is 3.36. The van der Waals surface area contributed by atoms with Crippen LogP contribution in [0.5, 0.6) is 5.75 Å². The number of pyridine rings is 1. The molecule has 0 saturated heterocycles. The van der Waals surface area contributed by atoms with Crippen LogP contribution in [0.4, 0.5) is 5.82 Å². The third-order valence-corrected chi connectivity index (χ3v) is 5.66. The van der Waals surface area contributed by atoms with Gasteiger partial charge in [-0.05, 0) is 54.6 Å². The van der Waals surface area contributed by atoms with Crippen molar-refractivity contribution in [3.8, 4) is 17.0 Å². The number of ether oxygens (including phenoxy) is 1. The molecule has 0 fully saturated rings. The predicted octanol–water partition coefficient (Wildman–Crippen LogP) is 4.65. The predicted molar refractivity (Wildman–Crippen MR) is 110 cm³/mol. The number of aryl methyl sites for hydroxylation is 2. The van der Waals surface area contributed by atoms with Gasteiger partial charge in [-0.15, -0.1) is 0 Å². The zero-order valence-corrected chi connectivity index (χ0v) is 16.5. The van der Waals surface area contributed by atoms with Crippen molar-refractivity contribution >= 4 is 27.6 Å². The van der Waals surface area contributed by atoms with Crippen LogP contribution in [0, 0.1) is 13.8 Å². The van der Waals surface area contributed by atoms with Crippen molar-refractivity contribution in [3.05, 3.63) is 66.1 Å². The van der Waals surface area contributed by atoms with E-state index in [0.29, 0.717) is 10.7 Å². The Kier molecular flexibility index (Phi) is 4.83. The molecule has 0 amide bonds. The van der Waals surface area contributed by atoms with Gasteiger partial charge < -0.3 is 9.26 Å². The van der Waals surface area contributed by atoms with Gasteiger partial charge in [-0.2, -0.15) is 0 Å². The maximum atomic E-state index is 12.6. The van der Waals surface area contributed by atoms with E-state index in [2.05, 4.69) is 27.9 Å². The van der Waals surface area contributed by atoms with Crippen LogP contribution in [0.3, 0.4) is 0 Å². The fraction of sp³-hybridized carbons (Fsp3) is 0.143. The van der Waals surface area contributed by atoms with Crippen LogP contribution in [0.25, 0.3) is 22.0 Å². The molecular formula is C21H19N3O3S. The number of hydrogen-bond donors (Lipinski definition) is 1. The molecule has 0 aliphatic heterocycles. The van der Waals surface area contributed by atoms with E-state index in [1.54, 1.807) is 19.4 Å². The molecule has 2 heterocycles. The van der Waals surface area contributed by atoms with Gasteiger partial charge in [-0.1, -0.05) is 17.3 Å². The molecule has 1 N–H and O–H groups in total. The monoisotopic (exact) mass is 393 g/mol. The smallest absolute Gasteiger partial charge is 0.181 e. The minimum Gasteiger partial charge on any atom is -0.496 e. The van der Waals surface area contributed by atoms with Gasteiger partial charge in [0, 0.05) is 23.2 Å². The first-order valence-corrected chi connectivity index (χ1v) is 9.85. The molecule has 142 valence electrons. The van der Waals surface area contributed by atoms with E-state index in [1.165, 1.54) is 6.26 Å². The molecular weight excluding hydrogens is 374 g/mol. The van der Waals surface area contributed by atoms with Crippen LogP contribution in [0.1, 0.15) is 11.1 Å². The summed E-state index contributed by atoms with van der Waals surface area (Å²) in [4.78, 5) is 5.25. The zero-order chi connectivity index (χ0) is 19.7. The van der Waals surface area contributed by atoms with E-state index in [1.807, 2.05) is 37.3 Å². The number of fused-ring (bicyclic) bond motifs is 1. The fourth-order valence-corrected chi connectivity index (χ4v) is 4.05. The first-order chi connectivity index (χ1) is 13.6. The summed E-state index contributed by atoms with van der Waals surface area (Å²) in [6.07, 6.45) is 3.19. The third-order valence-electron chi connectivity index (χ3n) is 4.58. The summed E-state index contributed by atoms with van der Waals surface area (Å²) >= 11 is 0. The van der Waals surface area contributed by atoms with E-state index in [0.717, 1.165) is 38.9 Å². The normalized spacial score (nSPS) is 12.1. The Balaban J connectivity index is 1.77. The maximum absolute atomic E-state index is 12.6. The second kappa shape index (κ2) is 7.44. The Labute approximate surface area is 165 Å². The van der Waals surface area contributed by atoms with Crippen LogP contribution in [0.2, 0.25) is 0 Å². The molecule has 7 heteroatoms. The zero-order valence-electron chi connectivity index (χ0n) is 15.7. The molecule has 0 radical (unpaired) electrons. The Morgan fingerprint density at radius 3 is 2.68 bits per heavy atom. The van der Waals surface area contributed by atoms with E-state index in [4.69, 9.17) is 9.26 Å². The summed E-state index contributed by atoms with van der Waals surface area (Å²) in [5.74, 6) is 1.25. The van der Waals surface area contributed by atoms with Gasteiger partial charge in [-0.25, -0.2) is 4.21 Å². The van der Waals surface area contributed by atoms with Gasteiger partial charge in [-0.3, -0.25) is 9.71 Å². The molecule has 0 bridgehead atoms. The quantitative estimate of drug-likeness (QED) is 0.534. The van der Waals surface area contributed by atoms with E-state index < -0.39 is 11.0 Å². The molecule has 2 aromatic heterocycles. The minimum absolute atomic E-state index is 0.427. The van der Waals surface area contributed by atoms with Crippen molar-refractivity contribution in [1.82, 2.24) is 10.1 Å². The van der Waals surface area contributed by atoms with Gasteiger partial charge in [0.25, 0.3) is 0 Å². The summed E-state index contributed by atoms with van der Waals surface area (Å²) in [5, 5.41) is 5.67. The average Bonchev–Trinajstić information content (AvgIpc) is 3.20. The van der Waals surface area contributed by atoms with Crippen molar-refractivity contribution in [1.29, 1.82) is 0 Å². The molecule has 2 aromatic carbocycles. The van der Waals surface area contributed by atoms with Crippen molar-refractivity contribution in [3.63, 3.8) is 0 Å². The number of hydrogen-bond acceptors (Lipinski definition) is 5. The summed E-state index contributed by atoms with van der Waals surface area (Å²) in [6.45, 7) is 4.09. The Morgan fingerprint density at radius 2 is 1.93 bits per heavy atom. The van der Waals surface area contributed by atoms with Crippen LogP contribution >= 0.6 is 0 Å². The Hall–Kier alpha value is -3.19. The van der Waals surface area contributed by atoms with Crippen molar-refractivity contribution in [2.24, 2.45) is 0 Å². The van der Waals surface area contributed by atoms with Gasteiger partial charge in [0.1, 0.15) is 12.0 Å². The number of nitrogens with zero attached hydrogens (tertiary/aromatic N) is 2. The van der Waals surface area contributed by atoms with Crippen molar-refractivity contribution in [2.45, 2.75) is 18.7 Å².